The number of nitrogens with two attached hydrogens (primary N) is 1. The number of benzene rings is 1. The molecule has 4 N–H and O–H groups in total. The second-order valence-electron chi connectivity index (χ2n) is 3.98. The van der Waals surface area contributed by atoms with Crippen LogP contribution in [0.1, 0.15) is 15.9 Å². The van der Waals surface area contributed by atoms with E-state index in [2.05, 4.69) is 15.5 Å². The van der Waals surface area contributed by atoms with E-state index in [9.17, 15) is 13.6 Å². The van der Waals surface area contributed by atoms with E-state index < -0.39 is 17.5 Å². The summed E-state index contributed by atoms with van der Waals surface area (Å²) in [4.78, 5) is 15.5. The molecule has 0 aliphatic heterocycles. The predicted molar refractivity (Wildman–Crippen MR) is 71.1 cm³/mol. The Morgan fingerprint density at radius 1 is 1.29 bits per heavy atom. The summed E-state index contributed by atoms with van der Waals surface area (Å²) in [5, 5.41) is 13.8. The number of oxime groups is 1. The fraction of sp³-hybridized carbons (Fsp3) is 0. The predicted octanol–water partition coefficient (Wildman–Crippen LogP) is 1.71. The molecule has 1 heterocycles. The summed E-state index contributed by atoms with van der Waals surface area (Å²) in [7, 11) is 0. The van der Waals surface area contributed by atoms with Gasteiger partial charge in [0.1, 0.15) is 5.82 Å². The van der Waals surface area contributed by atoms with Gasteiger partial charge in [-0.3, -0.25) is 9.78 Å². The van der Waals surface area contributed by atoms with E-state index in [1.165, 1.54) is 18.3 Å². The number of carbonyl (C=O) groups excluding carboxylic acids is 1. The Hall–Kier alpha value is -3.03. The number of rotatable bonds is 3. The van der Waals surface area contributed by atoms with Crippen molar-refractivity contribution in [2.24, 2.45) is 10.9 Å². The third kappa shape index (κ3) is 3.11. The van der Waals surface area contributed by atoms with Crippen molar-refractivity contribution in [1.29, 1.82) is 0 Å². The molecule has 2 aromatic rings. The quantitative estimate of drug-likeness (QED) is 0.347. The lowest BCUT2D eigenvalue weighted by Gasteiger charge is -2.10. The molecule has 1 aromatic carbocycles. The smallest absolute Gasteiger partial charge is 0.258 e. The van der Waals surface area contributed by atoms with E-state index in [1.54, 1.807) is 0 Å². The maximum Gasteiger partial charge on any atom is 0.258 e. The molecule has 0 saturated carbocycles. The summed E-state index contributed by atoms with van der Waals surface area (Å²) in [6, 6.07) is 4.47. The fourth-order valence-electron chi connectivity index (χ4n) is 1.64. The molecule has 2 rings (SSSR count). The Balaban J connectivity index is 2.36. The lowest BCUT2D eigenvalue weighted by Crippen LogP contribution is -2.20. The number of amidine groups is 1. The van der Waals surface area contributed by atoms with Crippen LogP contribution < -0.4 is 11.1 Å². The van der Waals surface area contributed by atoms with Gasteiger partial charge in [-0.25, -0.2) is 8.78 Å². The van der Waals surface area contributed by atoms with Gasteiger partial charge in [-0.15, -0.1) is 0 Å². The van der Waals surface area contributed by atoms with E-state index in [-0.39, 0.29) is 22.6 Å². The number of hydrogen-bond donors (Lipinski definition) is 3. The zero-order chi connectivity index (χ0) is 15.4. The number of nitrogens with zero attached hydrogens (tertiary/aromatic N) is 2. The molecule has 8 heteroatoms. The number of hydrogen-bond acceptors (Lipinski definition) is 4. The number of halogens is 2. The molecule has 1 aromatic heterocycles. The van der Waals surface area contributed by atoms with Crippen molar-refractivity contribution in [2.75, 3.05) is 5.32 Å². The van der Waals surface area contributed by atoms with Gasteiger partial charge in [0, 0.05) is 11.8 Å². The second-order valence-corrected chi connectivity index (χ2v) is 3.98. The zero-order valence-electron chi connectivity index (χ0n) is 10.5. The summed E-state index contributed by atoms with van der Waals surface area (Å²) in [5.41, 5.74) is 5.22. The molecular formula is C13H10F2N4O2. The van der Waals surface area contributed by atoms with Gasteiger partial charge in [0.15, 0.2) is 11.7 Å². The number of anilines is 1. The Morgan fingerprint density at radius 3 is 2.71 bits per heavy atom. The maximum absolute atomic E-state index is 13.5. The Labute approximate surface area is 117 Å². The number of amides is 1. The third-order valence-corrected chi connectivity index (χ3v) is 2.63. The summed E-state index contributed by atoms with van der Waals surface area (Å²) in [6.07, 6.45) is 2.15. The van der Waals surface area contributed by atoms with Crippen LogP contribution in [0.3, 0.4) is 0 Å². The number of nitrogens with one attached hydrogen (secondary N) is 1. The van der Waals surface area contributed by atoms with Crippen LogP contribution in [-0.2, 0) is 0 Å². The molecule has 0 saturated heterocycles. The van der Waals surface area contributed by atoms with Crippen LogP contribution in [0.25, 0.3) is 0 Å². The molecular weight excluding hydrogens is 282 g/mol. The van der Waals surface area contributed by atoms with Crippen LogP contribution in [0, 0.1) is 11.6 Å². The van der Waals surface area contributed by atoms with E-state index >= 15 is 0 Å². The van der Waals surface area contributed by atoms with Gasteiger partial charge in [0.05, 0.1) is 17.4 Å². The van der Waals surface area contributed by atoms with Crippen LogP contribution in [0.4, 0.5) is 14.5 Å². The van der Waals surface area contributed by atoms with E-state index in [0.717, 1.165) is 18.3 Å². The summed E-state index contributed by atoms with van der Waals surface area (Å²) in [5.74, 6) is -2.60. The van der Waals surface area contributed by atoms with Gasteiger partial charge >= 0.3 is 0 Å². The molecule has 0 unspecified atom stereocenters. The molecule has 21 heavy (non-hydrogen) atoms. The van der Waals surface area contributed by atoms with Gasteiger partial charge in [0.25, 0.3) is 5.91 Å². The Bertz CT molecular complexity index is 719. The minimum atomic E-state index is -0.803. The van der Waals surface area contributed by atoms with Crippen molar-refractivity contribution in [3.63, 3.8) is 0 Å². The molecule has 0 aliphatic rings. The van der Waals surface area contributed by atoms with Crippen LogP contribution in [-0.4, -0.2) is 21.9 Å². The summed E-state index contributed by atoms with van der Waals surface area (Å²) < 4.78 is 26.7. The van der Waals surface area contributed by atoms with E-state index in [1.807, 2.05) is 0 Å². The van der Waals surface area contributed by atoms with Gasteiger partial charge in [-0.2, -0.15) is 0 Å². The average molecular weight is 292 g/mol. The van der Waals surface area contributed by atoms with E-state index in [0.29, 0.717) is 0 Å². The first-order valence-corrected chi connectivity index (χ1v) is 5.71. The van der Waals surface area contributed by atoms with Gasteiger partial charge in [-0.1, -0.05) is 5.16 Å². The molecule has 0 spiro atoms. The minimum absolute atomic E-state index is 0.0275. The van der Waals surface area contributed by atoms with Gasteiger partial charge in [-0.05, 0) is 24.3 Å². The maximum atomic E-state index is 13.5. The highest BCUT2D eigenvalue weighted by molar-refractivity contribution is 6.09. The topological polar surface area (TPSA) is 101 Å². The first kappa shape index (κ1) is 14.4. The van der Waals surface area contributed by atoms with Crippen molar-refractivity contribution in [1.82, 2.24) is 4.98 Å². The molecule has 0 atom stereocenters. The van der Waals surface area contributed by atoms with Crippen LogP contribution in [0.2, 0.25) is 0 Å². The highest BCUT2D eigenvalue weighted by Crippen LogP contribution is 2.18. The van der Waals surface area contributed by atoms with Crippen molar-refractivity contribution < 1.29 is 18.8 Å². The van der Waals surface area contributed by atoms with Crippen molar-refractivity contribution in [2.45, 2.75) is 0 Å². The summed E-state index contributed by atoms with van der Waals surface area (Å²) in [6.45, 7) is 0. The molecule has 0 aliphatic carbocycles. The SMILES string of the molecule is N/C(=N/O)c1cc(F)ccc1NC(=O)c1ccncc1F. The lowest BCUT2D eigenvalue weighted by atomic mass is 10.1. The highest BCUT2D eigenvalue weighted by Gasteiger charge is 2.15. The average Bonchev–Trinajstić information content (AvgIpc) is 2.48. The third-order valence-electron chi connectivity index (χ3n) is 2.63. The summed E-state index contributed by atoms with van der Waals surface area (Å²) >= 11 is 0. The molecule has 0 bridgehead atoms. The normalized spacial score (nSPS) is 11.2. The largest absolute Gasteiger partial charge is 0.409 e. The van der Waals surface area contributed by atoms with Crippen molar-refractivity contribution in [3.8, 4) is 0 Å². The number of pyridine rings is 1. The van der Waals surface area contributed by atoms with Crippen LogP contribution in [0.5, 0.6) is 0 Å². The van der Waals surface area contributed by atoms with Crippen LogP contribution >= 0.6 is 0 Å². The molecule has 0 radical (unpaired) electrons. The second kappa shape index (κ2) is 5.95. The monoisotopic (exact) mass is 292 g/mol. The molecule has 1 amide bonds. The highest BCUT2D eigenvalue weighted by atomic mass is 19.1. The number of carbonyl (C=O) groups is 1. The lowest BCUT2D eigenvalue weighted by molar-refractivity contribution is 0.102. The minimum Gasteiger partial charge on any atom is -0.409 e. The fourth-order valence-corrected chi connectivity index (χ4v) is 1.64. The van der Waals surface area contributed by atoms with Crippen molar-refractivity contribution in [3.05, 3.63) is 59.4 Å². The number of aromatic nitrogens is 1. The molecule has 108 valence electrons. The standard InChI is InChI=1S/C13H10F2N4O2/c14-7-1-2-11(9(5-7)12(16)19-21)18-13(20)8-3-4-17-6-10(8)15/h1-6,21H,(H2,16,19)(H,18,20). The first-order valence-electron chi connectivity index (χ1n) is 5.71. The van der Waals surface area contributed by atoms with Gasteiger partial charge in [0.2, 0.25) is 0 Å². The molecule has 0 fully saturated rings. The molecule has 6 nitrogen and oxygen atoms in total. The van der Waals surface area contributed by atoms with E-state index in [4.69, 9.17) is 10.9 Å². The zero-order valence-corrected chi connectivity index (χ0v) is 10.5. The van der Waals surface area contributed by atoms with Gasteiger partial charge < -0.3 is 16.3 Å². The van der Waals surface area contributed by atoms with Crippen LogP contribution in [0.15, 0.2) is 41.8 Å². The Morgan fingerprint density at radius 2 is 2.05 bits per heavy atom. The Kier molecular flexibility index (Phi) is 4.07. The van der Waals surface area contributed by atoms with Crippen molar-refractivity contribution >= 4 is 17.4 Å². The first-order chi connectivity index (χ1) is 10.0.